The highest BCUT2D eigenvalue weighted by atomic mass is 19.1. The number of hydrogen-bond donors (Lipinski definition) is 3. The van der Waals surface area contributed by atoms with Crippen LogP contribution in [0, 0.1) is 0 Å². The maximum Gasteiger partial charge on any atom is 0.296 e. The van der Waals surface area contributed by atoms with E-state index in [4.69, 9.17) is 10.5 Å². The van der Waals surface area contributed by atoms with Crippen LogP contribution in [0.5, 0.6) is 5.75 Å². The molecule has 4 rings (SSSR count). The van der Waals surface area contributed by atoms with Crippen LogP contribution in [0.25, 0.3) is 0 Å². The lowest BCUT2D eigenvalue weighted by molar-refractivity contribution is 0.1000. The third-order valence-electron chi connectivity index (χ3n) is 6.70. The van der Waals surface area contributed by atoms with Crippen molar-refractivity contribution in [3.05, 3.63) is 88.0 Å². The Morgan fingerprint density at radius 3 is 2.71 bits per heavy atom. The van der Waals surface area contributed by atoms with E-state index in [0.717, 1.165) is 23.0 Å². The Hall–Kier alpha value is -3.76. The number of aliphatic hydroxyl groups excluding tert-OH is 1. The molecule has 0 radical (unpaired) electrons. The van der Waals surface area contributed by atoms with Gasteiger partial charge in [0.1, 0.15) is 18.5 Å². The van der Waals surface area contributed by atoms with Gasteiger partial charge in [0, 0.05) is 41.7 Å². The van der Waals surface area contributed by atoms with Crippen molar-refractivity contribution in [3.8, 4) is 5.75 Å². The number of halogens is 1. The Kier molecular flexibility index (Phi) is 8.13. The van der Waals surface area contributed by atoms with Gasteiger partial charge in [0.05, 0.1) is 5.54 Å². The smallest absolute Gasteiger partial charge is 0.296 e. The number of para-hydroxylation sites is 1. The molecule has 0 aliphatic heterocycles. The monoisotopic (exact) mass is 523 g/mol. The summed E-state index contributed by atoms with van der Waals surface area (Å²) in [5.41, 5.74) is 5.11. The molecule has 0 spiro atoms. The number of nitrogens with two attached hydrogens (primary N) is 1. The van der Waals surface area contributed by atoms with Crippen molar-refractivity contribution in [2.24, 2.45) is 5.73 Å². The third kappa shape index (κ3) is 5.71. The van der Waals surface area contributed by atoms with Crippen molar-refractivity contribution in [1.82, 2.24) is 14.9 Å². The Morgan fingerprint density at radius 2 is 2.03 bits per heavy atom. The van der Waals surface area contributed by atoms with Gasteiger partial charge in [0.15, 0.2) is 5.82 Å². The average molecular weight is 524 g/mol. The minimum absolute atomic E-state index is 0.0419. The van der Waals surface area contributed by atoms with E-state index in [-0.39, 0.29) is 29.6 Å². The summed E-state index contributed by atoms with van der Waals surface area (Å²) in [5.74, 6) is 0.0303. The summed E-state index contributed by atoms with van der Waals surface area (Å²) < 4.78 is 22.6. The van der Waals surface area contributed by atoms with Gasteiger partial charge < -0.3 is 25.8 Å². The quantitative estimate of drug-likeness (QED) is 0.334. The molecule has 1 aliphatic rings. The fourth-order valence-corrected chi connectivity index (χ4v) is 4.69. The predicted octanol–water partition coefficient (Wildman–Crippen LogP) is 2.72. The summed E-state index contributed by atoms with van der Waals surface area (Å²) in [5, 5.41) is 13.1. The topological polar surface area (TPSA) is 123 Å². The lowest BCUT2D eigenvalue weighted by Gasteiger charge is -2.40. The second-order valence-corrected chi connectivity index (χ2v) is 9.97. The minimum atomic E-state index is -1.84. The average Bonchev–Trinajstić information content (AvgIpc) is 3.73. The fraction of sp³-hybridized carbons (Fsp3) is 0.393. The van der Waals surface area contributed by atoms with E-state index in [9.17, 15) is 14.7 Å². The number of anilines is 1. The third-order valence-corrected chi connectivity index (χ3v) is 6.70. The molecule has 38 heavy (non-hydrogen) atoms. The van der Waals surface area contributed by atoms with Crippen LogP contribution in [-0.4, -0.2) is 52.9 Å². The highest BCUT2D eigenvalue weighted by molar-refractivity contribution is 5.92. The van der Waals surface area contributed by atoms with Gasteiger partial charge in [-0.15, -0.1) is 0 Å². The first-order valence-corrected chi connectivity index (χ1v) is 12.6. The molecule has 10 heteroatoms. The van der Waals surface area contributed by atoms with Crippen LogP contribution < -0.4 is 26.2 Å². The molecule has 1 aliphatic carbocycles. The number of amides is 1. The number of rotatable bonds is 12. The van der Waals surface area contributed by atoms with Gasteiger partial charge in [-0.05, 0) is 51.9 Å². The number of likely N-dealkylation sites (N-methyl/N-ethyl adjacent to an activating group) is 1. The minimum Gasteiger partial charge on any atom is -0.490 e. The second kappa shape index (κ2) is 11.3. The molecule has 3 aromatic rings. The highest BCUT2D eigenvalue weighted by Gasteiger charge is 2.43. The fourth-order valence-electron chi connectivity index (χ4n) is 4.69. The van der Waals surface area contributed by atoms with Crippen molar-refractivity contribution < 1.29 is 19.0 Å². The van der Waals surface area contributed by atoms with Crippen LogP contribution in [0.15, 0.2) is 65.7 Å². The van der Waals surface area contributed by atoms with E-state index in [0.29, 0.717) is 12.3 Å². The summed E-state index contributed by atoms with van der Waals surface area (Å²) in [7, 11) is 1.75. The molecule has 1 aromatic heterocycles. The molecular weight excluding hydrogens is 489 g/mol. The first kappa shape index (κ1) is 27.3. The van der Waals surface area contributed by atoms with Crippen molar-refractivity contribution >= 4 is 11.7 Å². The zero-order valence-corrected chi connectivity index (χ0v) is 21.8. The summed E-state index contributed by atoms with van der Waals surface area (Å²) in [4.78, 5) is 31.6. The zero-order chi connectivity index (χ0) is 27.4. The normalized spacial score (nSPS) is 15.1. The van der Waals surface area contributed by atoms with Crippen molar-refractivity contribution in [3.63, 3.8) is 0 Å². The number of nitrogens with one attached hydrogen (secondary N) is 1. The molecule has 0 saturated heterocycles. The molecule has 0 bridgehead atoms. The Labute approximate surface area is 221 Å². The Balaban J connectivity index is 1.71. The molecule has 1 heterocycles. The molecule has 9 nitrogen and oxygen atoms in total. The van der Waals surface area contributed by atoms with E-state index in [2.05, 4.69) is 10.3 Å². The van der Waals surface area contributed by atoms with Gasteiger partial charge >= 0.3 is 0 Å². The Morgan fingerprint density at radius 1 is 1.29 bits per heavy atom. The summed E-state index contributed by atoms with van der Waals surface area (Å²) in [6, 6.07) is 13.4. The molecule has 1 saturated carbocycles. The highest BCUT2D eigenvalue weighted by Crippen LogP contribution is 2.43. The van der Waals surface area contributed by atoms with E-state index < -0.39 is 29.4 Å². The van der Waals surface area contributed by atoms with E-state index in [1.807, 2.05) is 43.0 Å². The number of hydrogen-bond acceptors (Lipinski definition) is 7. The largest absolute Gasteiger partial charge is 0.490 e. The number of nitrogens with zero attached hydrogens (tertiary/aromatic N) is 3. The second-order valence-electron chi connectivity index (χ2n) is 9.97. The molecule has 2 aromatic carbocycles. The number of primary amides is 1. The maximum absolute atomic E-state index is 15.7. The number of alkyl halides is 1. The van der Waals surface area contributed by atoms with Crippen LogP contribution in [-0.2, 0) is 5.54 Å². The van der Waals surface area contributed by atoms with Gasteiger partial charge in [0.25, 0.3) is 5.56 Å². The summed E-state index contributed by atoms with van der Waals surface area (Å²) in [6.07, 6.45) is 1.91. The predicted molar refractivity (Wildman–Crippen MR) is 143 cm³/mol. The van der Waals surface area contributed by atoms with E-state index in [1.165, 1.54) is 36.7 Å². The Bertz CT molecular complexity index is 1340. The molecule has 1 fully saturated rings. The number of carbonyl (C=O) groups is 1. The van der Waals surface area contributed by atoms with Gasteiger partial charge in [-0.1, -0.05) is 30.3 Å². The van der Waals surface area contributed by atoms with E-state index in [1.54, 1.807) is 7.05 Å². The zero-order valence-electron chi connectivity index (χ0n) is 21.8. The van der Waals surface area contributed by atoms with E-state index >= 15 is 4.39 Å². The van der Waals surface area contributed by atoms with Crippen LogP contribution in [0.4, 0.5) is 10.2 Å². The van der Waals surface area contributed by atoms with Gasteiger partial charge in [-0.3, -0.25) is 14.2 Å². The van der Waals surface area contributed by atoms with Crippen LogP contribution in [0.3, 0.4) is 0 Å². The van der Waals surface area contributed by atoms with Crippen LogP contribution in [0.2, 0.25) is 0 Å². The summed E-state index contributed by atoms with van der Waals surface area (Å²) >= 11 is 0. The lowest BCUT2D eigenvalue weighted by Crippen LogP contribution is -2.47. The van der Waals surface area contributed by atoms with Crippen molar-refractivity contribution in [1.29, 1.82) is 0 Å². The lowest BCUT2D eigenvalue weighted by atomic mass is 9.90. The molecule has 2 atom stereocenters. The summed E-state index contributed by atoms with van der Waals surface area (Å²) in [6.45, 7) is 4.43. The van der Waals surface area contributed by atoms with Gasteiger partial charge in [-0.25, -0.2) is 9.37 Å². The number of aliphatic hydroxyl groups is 1. The van der Waals surface area contributed by atoms with Crippen LogP contribution >= 0.6 is 0 Å². The first-order chi connectivity index (χ1) is 18.1. The molecule has 1 unspecified atom stereocenters. The van der Waals surface area contributed by atoms with Crippen molar-refractivity contribution in [2.75, 3.05) is 25.1 Å². The maximum atomic E-state index is 15.7. The molecule has 4 N–H and O–H groups in total. The number of carbonyl (C=O) groups excluding carboxylic acids is 1. The van der Waals surface area contributed by atoms with Crippen molar-refractivity contribution in [2.45, 2.75) is 50.7 Å². The number of ether oxygens (including phenoxy) is 1. The van der Waals surface area contributed by atoms with Gasteiger partial charge in [-0.2, -0.15) is 0 Å². The molecule has 202 valence electrons. The molecular formula is C28H34FN5O4. The SMILES string of the molecule is CNC[C@@H](O)COc1ccccc1C(C)(C)N(c1nccn(C(F)c2cccc(C(N)=O)c2)c1=O)C1CC1. The number of aromatic nitrogens is 2. The standard InChI is InChI=1S/C28H34FN5O4/c1-28(2,22-9-4-5-10-23(22)38-17-21(35)16-31-3)34(20-11-12-20)26-27(37)33(14-13-32-26)24(29)18-7-6-8-19(15-18)25(30)36/h4-10,13-15,20-21,24,31,35H,11-12,16-17H2,1-3H3,(H2,30,36)/t21-,24?/m1/s1. The molecule has 1 amide bonds. The van der Waals surface area contributed by atoms with Crippen LogP contribution in [0.1, 0.15) is 54.5 Å². The number of benzene rings is 2. The van der Waals surface area contributed by atoms with Gasteiger partial charge in [0.2, 0.25) is 12.2 Å². The first-order valence-electron chi connectivity index (χ1n) is 12.6.